The number of amides is 1. The van der Waals surface area contributed by atoms with Gasteiger partial charge in [-0.05, 0) is 66.6 Å². The number of carbonyl (C=O) groups is 1. The highest BCUT2D eigenvalue weighted by Gasteiger charge is 2.11. The molecular formula is C22H18ClN3O2. The number of ether oxygens (including phenoxy) is 1. The number of benzene rings is 2. The monoisotopic (exact) mass is 391 g/mol. The van der Waals surface area contributed by atoms with E-state index in [0.29, 0.717) is 23.0 Å². The van der Waals surface area contributed by atoms with Crippen molar-refractivity contribution in [3.05, 3.63) is 94.9 Å². The fraction of sp³-hybridized carbons (Fsp3) is 0.0909. The molecule has 4 rings (SSSR count). The van der Waals surface area contributed by atoms with Crippen molar-refractivity contribution in [1.82, 2.24) is 9.38 Å². The van der Waals surface area contributed by atoms with Crippen LogP contribution in [0.1, 0.15) is 21.6 Å². The minimum Gasteiger partial charge on any atom is -0.489 e. The van der Waals surface area contributed by atoms with Gasteiger partial charge in [0.05, 0.1) is 0 Å². The number of anilines is 1. The number of aryl methyl sites for hydroxylation is 1. The molecule has 2 heterocycles. The lowest BCUT2D eigenvalue weighted by molar-refractivity contribution is 0.102. The van der Waals surface area contributed by atoms with Crippen molar-refractivity contribution in [2.75, 3.05) is 5.32 Å². The highest BCUT2D eigenvalue weighted by molar-refractivity contribution is 6.30. The molecule has 0 atom stereocenters. The van der Waals surface area contributed by atoms with Crippen LogP contribution in [0, 0.1) is 6.92 Å². The van der Waals surface area contributed by atoms with Gasteiger partial charge < -0.3 is 14.5 Å². The van der Waals surface area contributed by atoms with Crippen LogP contribution < -0.4 is 10.1 Å². The van der Waals surface area contributed by atoms with E-state index in [0.717, 1.165) is 22.5 Å². The van der Waals surface area contributed by atoms with Gasteiger partial charge in [-0.1, -0.05) is 23.7 Å². The number of halogens is 1. The zero-order valence-electron chi connectivity index (χ0n) is 15.2. The number of aromatic nitrogens is 2. The smallest absolute Gasteiger partial charge is 0.275 e. The number of rotatable bonds is 5. The summed E-state index contributed by atoms with van der Waals surface area (Å²) in [6, 6.07) is 18.7. The first-order valence-corrected chi connectivity index (χ1v) is 9.19. The van der Waals surface area contributed by atoms with Crippen LogP contribution in [-0.4, -0.2) is 15.3 Å². The third-order valence-corrected chi connectivity index (χ3v) is 4.53. The Balaban J connectivity index is 1.39. The van der Waals surface area contributed by atoms with Gasteiger partial charge in [-0.2, -0.15) is 0 Å². The Kier molecular flexibility index (Phi) is 5.00. The summed E-state index contributed by atoms with van der Waals surface area (Å²) in [5.41, 5.74) is 3.92. The lowest BCUT2D eigenvalue weighted by Gasteiger charge is -2.08. The van der Waals surface area contributed by atoms with Crippen LogP contribution in [0.15, 0.2) is 73.1 Å². The highest BCUT2D eigenvalue weighted by Crippen LogP contribution is 2.19. The number of hydrogen-bond acceptors (Lipinski definition) is 3. The molecule has 2 aromatic carbocycles. The molecule has 28 heavy (non-hydrogen) atoms. The fourth-order valence-corrected chi connectivity index (χ4v) is 2.90. The van der Waals surface area contributed by atoms with Gasteiger partial charge in [-0.25, -0.2) is 4.98 Å². The molecule has 140 valence electrons. The number of imidazole rings is 1. The zero-order valence-corrected chi connectivity index (χ0v) is 16.0. The number of nitrogens with one attached hydrogen (secondary N) is 1. The van der Waals surface area contributed by atoms with Crippen molar-refractivity contribution >= 4 is 28.8 Å². The summed E-state index contributed by atoms with van der Waals surface area (Å²) in [4.78, 5) is 16.8. The molecular weight excluding hydrogens is 374 g/mol. The Morgan fingerprint density at radius 2 is 1.86 bits per heavy atom. The normalized spacial score (nSPS) is 10.8. The summed E-state index contributed by atoms with van der Waals surface area (Å²) in [7, 11) is 0. The molecule has 4 aromatic rings. The summed E-state index contributed by atoms with van der Waals surface area (Å²) >= 11 is 5.88. The molecule has 0 aliphatic rings. The summed E-state index contributed by atoms with van der Waals surface area (Å²) in [6.07, 6.45) is 3.61. The van der Waals surface area contributed by atoms with Crippen LogP contribution in [-0.2, 0) is 6.61 Å². The quantitative estimate of drug-likeness (QED) is 0.513. The van der Waals surface area contributed by atoms with Gasteiger partial charge in [0, 0.05) is 23.1 Å². The minimum absolute atomic E-state index is 0.254. The fourth-order valence-electron chi connectivity index (χ4n) is 2.77. The van der Waals surface area contributed by atoms with E-state index < -0.39 is 0 Å². The van der Waals surface area contributed by atoms with Crippen molar-refractivity contribution in [2.24, 2.45) is 0 Å². The average Bonchev–Trinajstić information content (AvgIpc) is 3.12. The third kappa shape index (κ3) is 4.15. The maximum Gasteiger partial charge on any atom is 0.275 e. The van der Waals surface area contributed by atoms with E-state index >= 15 is 0 Å². The molecule has 0 radical (unpaired) electrons. The van der Waals surface area contributed by atoms with E-state index in [1.54, 1.807) is 18.3 Å². The number of carbonyl (C=O) groups excluding carboxylic acids is 1. The standard InChI is InChI=1S/C22H18ClN3O2/c1-15-10-11-26-13-20(25-21(26)12-15)22(27)24-18-6-8-19(9-7-18)28-14-16-2-4-17(23)5-3-16/h2-13H,14H2,1H3,(H,24,27). The van der Waals surface area contributed by atoms with Crippen LogP contribution in [0.2, 0.25) is 5.02 Å². The predicted octanol–water partition coefficient (Wildman–Crippen LogP) is 5.13. The summed E-state index contributed by atoms with van der Waals surface area (Å²) in [6.45, 7) is 2.44. The molecule has 0 saturated heterocycles. The Labute approximate surface area is 167 Å². The molecule has 5 nitrogen and oxygen atoms in total. The molecule has 6 heteroatoms. The van der Waals surface area contributed by atoms with Gasteiger partial charge in [0.15, 0.2) is 0 Å². The van der Waals surface area contributed by atoms with Gasteiger partial charge in [-0.3, -0.25) is 4.79 Å². The highest BCUT2D eigenvalue weighted by atomic mass is 35.5. The maximum absolute atomic E-state index is 12.5. The van der Waals surface area contributed by atoms with Crippen LogP contribution in [0.5, 0.6) is 5.75 Å². The molecule has 2 aromatic heterocycles. The Morgan fingerprint density at radius 1 is 1.11 bits per heavy atom. The van der Waals surface area contributed by atoms with Gasteiger partial charge in [0.25, 0.3) is 5.91 Å². The molecule has 0 fully saturated rings. The van der Waals surface area contributed by atoms with Gasteiger partial charge >= 0.3 is 0 Å². The summed E-state index contributed by atoms with van der Waals surface area (Å²) in [5, 5.41) is 3.55. The number of nitrogens with zero attached hydrogens (tertiary/aromatic N) is 2. The molecule has 0 aliphatic carbocycles. The summed E-state index contributed by atoms with van der Waals surface area (Å²) in [5.74, 6) is 0.465. The third-order valence-electron chi connectivity index (χ3n) is 4.28. The largest absolute Gasteiger partial charge is 0.489 e. The van der Waals surface area contributed by atoms with Crippen molar-refractivity contribution in [2.45, 2.75) is 13.5 Å². The topological polar surface area (TPSA) is 55.6 Å². The average molecular weight is 392 g/mol. The lowest BCUT2D eigenvalue weighted by atomic mass is 10.2. The van der Waals surface area contributed by atoms with Crippen molar-refractivity contribution in [1.29, 1.82) is 0 Å². The Hall–Kier alpha value is -3.31. The molecule has 0 saturated carbocycles. The predicted molar refractivity (Wildman–Crippen MR) is 110 cm³/mol. The van der Waals surface area contributed by atoms with Crippen molar-refractivity contribution in [3.8, 4) is 5.75 Å². The molecule has 1 amide bonds. The van der Waals surface area contributed by atoms with Gasteiger partial charge in [0.2, 0.25) is 0 Å². The van der Waals surface area contributed by atoms with Crippen LogP contribution >= 0.6 is 11.6 Å². The number of hydrogen-bond donors (Lipinski definition) is 1. The van der Waals surface area contributed by atoms with Crippen molar-refractivity contribution in [3.63, 3.8) is 0 Å². The lowest BCUT2D eigenvalue weighted by Crippen LogP contribution is -2.12. The van der Waals surface area contributed by atoms with E-state index in [1.807, 2.05) is 66.1 Å². The Bertz CT molecular complexity index is 1120. The first-order valence-electron chi connectivity index (χ1n) is 8.81. The van der Waals surface area contributed by atoms with Gasteiger partial charge in [-0.15, -0.1) is 0 Å². The zero-order chi connectivity index (χ0) is 19.5. The second-order valence-corrected chi connectivity index (χ2v) is 6.93. The molecule has 0 spiro atoms. The molecule has 0 unspecified atom stereocenters. The van der Waals surface area contributed by atoms with Crippen LogP contribution in [0.4, 0.5) is 5.69 Å². The van der Waals surface area contributed by atoms with Crippen LogP contribution in [0.3, 0.4) is 0 Å². The van der Waals surface area contributed by atoms with Crippen molar-refractivity contribution < 1.29 is 9.53 Å². The maximum atomic E-state index is 12.5. The first kappa shape index (κ1) is 18.1. The van der Waals surface area contributed by atoms with E-state index in [4.69, 9.17) is 16.3 Å². The molecule has 1 N–H and O–H groups in total. The molecule has 0 bridgehead atoms. The second-order valence-electron chi connectivity index (χ2n) is 6.49. The van der Waals surface area contributed by atoms with Crippen LogP contribution in [0.25, 0.3) is 5.65 Å². The minimum atomic E-state index is -0.254. The van der Waals surface area contributed by atoms with E-state index in [2.05, 4.69) is 10.3 Å². The van der Waals surface area contributed by atoms with E-state index in [-0.39, 0.29) is 5.91 Å². The molecule has 0 aliphatic heterocycles. The number of pyridine rings is 1. The Morgan fingerprint density at radius 3 is 2.61 bits per heavy atom. The van der Waals surface area contributed by atoms with Gasteiger partial charge in [0.1, 0.15) is 23.7 Å². The van der Waals surface area contributed by atoms with E-state index in [9.17, 15) is 4.79 Å². The summed E-state index contributed by atoms with van der Waals surface area (Å²) < 4.78 is 7.59. The number of fused-ring (bicyclic) bond motifs is 1. The second kappa shape index (κ2) is 7.74. The van der Waals surface area contributed by atoms with E-state index in [1.165, 1.54) is 0 Å². The first-order chi connectivity index (χ1) is 13.6. The SMILES string of the molecule is Cc1ccn2cc(C(=O)Nc3ccc(OCc4ccc(Cl)cc4)cc3)nc2c1.